The standard InChI is InChI=1S/C22H21F2NO3/c1-27-19-9-5-8-18(21(19)28-22(23)24)10-11-20(26)25-14-12-17(13-15-25)16-6-3-2-4-7-16/h2-12,22H,13-15H2,1H3. The Kier molecular flexibility index (Phi) is 6.42. The molecule has 0 aromatic heterocycles. The zero-order valence-corrected chi connectivity index (χ0v) is 15.5. The number of hydrogen-bond donors (Lipinski definition) is 0. The third kappa shape index (κ3) is 4.76. The van der Waals surface area contributed by atoms with E-state index >= 15 is 0 Å². The first-order chi connectivity index (χ1) is 13.6. The fourth-order valence-electron chi connectivity index (χ4n) is 3.09. The Hall–Kier alpha value is -3.15. The molecule has 4 nitrogen and oxygen atoms in total. The number of methoxy groups -OCH3 is 1. The molecular formula is C22H21F2NO3. The molecule has 28 heavy (non-hydrogen) atoms. The molecule has 0 atom stereocenters. The van der Waals surface area contributed by atoms with Crippen molar-refractivity contribution in [3.05, 3.63) is 71.8 Å². The van der Waals surface area contributed by atoms with Crippen LogP contribution in [0, 0.1) is 0 Å². The number of carbonyl (C=O) groups excluding carboxylic acids is 1. The van der Waals surface area contributed by atoms with Gasteiger partial charge in [0.1, 0.15) is 0 Å². The molecule has 0 N–H and O–H groups in total. The zero-order valence-electron chi connectivity index (χ0n) is 15.5. The number of nitrogens with zero attached hydrogens (tertiary/aromatic N) is 1. The van der Waals surface area contributed by atoms with Gasteiger partial charge in [-0.2, -0.15) is 8.78 Å². The number of halogens is 2. The van der Waals surface area contributed by atoms with Crippen LogP contribution in [-0.2, 0) is 4.79 Å². The summed E-state index contributed by atoms with van der Waals surface area (Å²) >= 11 is 0. The van der Waals surface area contributed by atoms with Gasteiger partial charge >= 0.3 is 6.61 Å². The molecule has 2 aromatic carbocycles. The van der Waals surface area contributed by atoms with E-state index in [0.29, 0.717) is 18.7 Å². The predicted molar refractivity (Wildman–Crippen MR) is 104 cm³/mol. The van der Waals surface area contributed by atoms with Crippen molar-refractivity contribution in [3.63, 3.8) is 0 Å². The first kappa shape index (κ1) is 19.6. The van der Waals surface area contributed by atoms with Gasteiger partial charge in [-0.15, -0.1) is 0 Å². The van der Waals surface area contributed by atoms with Crippen LogP contribution in [0.15, 0.2) is 60.7 Å². The third-order valence-corrected chi connectivity index (χ3v) is 4.51. The Labute approximate surface area is 162 Å². The summed E-state index contributed by atoms with van der Waals surface area (Å²) in [6.07, 6.45) is 5.65. The minimum Gasteiger partial charge on any atom is -0.493 e. The maximum absolute atomic E-state index is 12.7. The van der Waals surface area contributed by atoms with Gasteiger partial charge in [0.2, 0.25) is 5.91 Å². The van der Waals surface area contributed by atoms with E-state index in [1.165, 1.54) is 30.9 Å². The molecule has 2 aromatic rings. The van der Waals surface area contributed by atoms with Crippen molar-refractivity contribution < 1.29 is 23.0 Å². The highest BCUT2D eigenvalue weighted by atomic mass is 19.3. The Morgan fingerprint density at radius 3 is 2.57 bits per heavy atom. The quantitative estimate of drug-likeness (QED) is 0.681. The van der Waals surface area contributed by atoms with E-state index in [-0.39, 0.29) is 17.4 Å². The topological polar surface area (TPSA) is 38.8 Å². The molecule has 0 fully saturated rings. The smallest absolute Gasteiger partial charge is 0.387 e. The van der Waals surface area contributed by atoms with E-state index in [2.05, 4.69) is 16.9 Å². The van der Waals surface area contributed by atoms with Gasteiger partial charge in [0.15, 0.2) is 11.5 Å². The van der Waals surface area contributed by atoms with E-state index in [9.17, 15) is 13.6 Å². The summed E-state index contributed by atoms with van der Waals surface area (Å²) in [4.78, 5) is 14.2. The zero-order chi connectivity index (χ0) is 19.9. The summed E-state index contributed by atoms with van der Waals surface area (Å²) in [5.41, 5.74) is 2.73. The van der Waals surface area contributed by atoms with Crippen molar-refractivity contribution in [1.29, 1.82) is 0 Å². The fraction of sp³-hybridized carbons (Fsp3) is 0.227. The SMILES string of the molecule is COc1cccc(C=CC(=O)N2CC=C(c3ccccc3)CC2)c1OC(F)F. The third-order valence-electron chi connectivity index (χ3n) is 4.51. The minimum absolute atomic E-state index is 0.0889. The van der Waals surface area contributed by atoms with E-state index < -0.39 is 6.61 Å². The average Bonchev–Trinajstić information content (AvgIpc) is 2.73. The molecule has 6 heteroatoms. The van der Waals surface area contributed by atoms with Crippen LogP contribution < -0.4 is 9.47 Å². The number of alkyl halides is 2. The number of para-hydroxylation sites is 1. The molecule has 1 amide bonds. The molecule has 146 valence electrons. The minimum atomic E-state index is -2.98. The average molecular weight is 385 g/mol. The second-order valence-corrected chi connectivity index (χ2v) is 6.22. The lowest BCUT2D eigenvalue weighted by Gasteiger charge is -2.25. The van der Waals surface area contributed by atoms with Crippen LogP contribution in [0.4, 0.5) is 8.78 Å². The summed E-state index contributed by atoms with van der Waals surface area (Å²) in [6, 6.07) is 14.8. The van der Waals surface area contributed by atoms with E-state index in [4.69, 9.17) is 4.74 Å². The van der Waals surface area contributed by atoms with Crippen LogP contribution >= 0.6 is 0 Å². The van der Waals surface area contributed by atoms with Crippen LogP contribution in [0.3, 0.4) is 0 Å². The van der Waals surface area contributed by atoms with Gasteiger partial charge in [0.25, 0.3) is 0 Å². The van der Waals surface area contributed by atoms with Gasteiger partial charge < -0.3 is 14.4 Å². The number of hydrogen-bond acceptors (Lipinski definition) is 3. The Bertz CT molecular complexity index is 879. The van der Waals surface area contributed by atoms with Gasteiger partial charge in [-0.05, 0) is 29.7 Å². The molecule has 0 aliphatic carbocycles. The van der Waals surface area contributed by atoms with Crippen LogP contribution in [0.2, 0.25) is 0 Å². The molecule has 0 saturated carbocycles. The lowest BCUT2D eigenvalue weighted by molar-refractivity contribution is -0.125. The fourth-order valence-corrected chi connectivity index (χ4v) is 3.09. The van der Waals surface area contributed by atoms with Gasteiger partial charge in [0, 0.05) is 24.7 Å². The largest absolute Gasteiger partial charge is 0.493 e. The highest BCUT2D eigenvalue weighted by Crippen LogP contribution is 2.33. The van der Waals surface area contributed by atoms with E-state index in [1.54, 1.807) is 17.0 Å². The monoisotopic (exact) mass is 385 g/mol. The lowest BCUT2D eigenvalue weighted by Crippen LogP contribution is -2.33. The van der Waals surface area contributed by atoms with Gasteiger partial charge in [-0.1, -0.05) is 48.5 Å². The van der Waals surface area contributed by atoms with E-state index in [1.807, 2.05) is 24.3 Å². The van der Waals surface area contributed by atoms with Crippen molar-refractivity contribution >= 4 is 17.6 Å². The van der Waals surface area contributed by atoms with Gasteiger partial charge in [0.05, 0.1) is 7.11 Å². The number of carbonyl (C=O) groups is 1. The maximum Gasteiger partial charge on any atom is 0.387 e. The maximum atomic E-state index is 12.7. The van der Waals surface area contributed by atoms with Crippen molar-refractivity contribution in [2.75, 3.05) is 20.2 Å². The molecule has 0 saturated heterocycles. The molecule has 0 radical (unpaired) electrons. The molecular weight excluding hydrogens is 364 g/mol. The van der Waals surface area contributed by atoms with Crippen LogP contribution in [-0.4, -0.2) is 37.6 Å². The van der Waals surface area contributed by atoms with Crippen molar-refractivity contribution in [1.82, 2.24) is 4.90 Å². The van der Waals surface area contributed by atoms with Crippen molar-refractivity contribution in [2.45, 2.75) is 13.0 Å². The second-order valence-electron chi connectivity index (χ2n) is 6.22. The first-order valence-electron chi connectivity index (χ1n) is 8.91. The second kappa shape index (κ2) is 9.17. The number of amides is 1. The summed E-state index contributed by atoms with van der Waals surface area (Å²) in [6.45, 7) is -1.88. The highest BCUT2D eigenvalue weighted by Gasteiger charge is 2.17. The van der Waals surface area contributed by atoms with Gasteiger partial charge in [-0.3, -0.25) is 4.79 Å². The number of benzene rings is 2. The molecule has 0 spiro atoms. The Morgan fingerprint density at radius 2 is 1.93 bits per heavy atom. The van der Waals surface area contributed by atoms with Crippen molar-refractivity contribution in [2.24, 2.45) is 0 Å². The van der Waals surface area contributed by atoms with Crippen LogP contribution in [0.25, 0.3) is 11.6 Å². The number of ether oxygens (including phenoxy) is 2. The molecule has 0 unspecified atom stereocenters. The molecule has 3 rings (SSSR count). The molecule has 1 aliphatic rings. The summed E-state index contributed by atoms with van der Waals surface area (Å²) in [7, 11) is 1.37. The van der Waals surface area contributed by atoms with Crippen molar-refractivity contribution in [3.8, 4) is 11.5 Å². The van der Waals surface area contributed by atoms with E-state index in [0.717, 1.165) is 12.0 Å². The number of rotatable bonds is 6. The molecule has 1 heterocycles. The summed E-state index contributed by atoms with van der Waals surface area (Å²) < 4.78 is 35.0. The molecule has 0 bridgehead atoms. The predicted octanol–water partition coefficient (Wildman–Crippen LogP) is 4.63. The highest BCUT2D eigenvalue weighted by molar-refractivity contribution is 5.93. The van der Waals surface area contributed by atoms with Crippen LogP contribution in [0.5, 0.6) is 11.5 Å². The normalized spacial score (nSPS) is 14.3. The first-order valence-corrected chi connectivity index (χ1v) is 8.91. The molecule has 1 aliphatic heterocycles. The Morgan fingerprint density at radius 1 is 1.14 bits per heavy atom. The summed E-state index contributed by atoms with van der Waals surface area (Å²) in [5, 5.41) is 0. The van der Waals surface area contributed by atoms with Gasteiger partial charge in [-0.25, -0.2) is 0 Å². The Balaban J connectivity index is 1.70. The lowest BCUT2D eigenvalue weighted by atomic mass is 9.99. The van der Waals surface area contributed by atoms with Crippen LogP contribution in [0.1, 0.15) is 17.5 Å². The summed E-state index contributed by atoms with van der Waals surface area (Å²) in [5.74, 6) is -0.0913.